The predicted octanol–water partition coefficient (Wildman–Crippen LogP) is 1.94. The van der Waals surface area contributed by atoms with E-state index in [-0.39, 0.29) is 12.6 Å². The van der Waals surface area contributed by atoms with Gasteiger partial charge in [0.25, 0.3) is 0 Å². The van der Waals surface area contributed by atoms with Gasteiger partial charge in [0.05, 0.1) is 12.2 Å². The number of benzene rings is 1. The van der Waals surface area contributed by atoms with Crippen molar-refractivity contribution in [2.24, 2.45) is 0 Å². The van der Waals surface area contributed by atoms with Crippen molar-refractivity contribution in [3.63, 3.8) is 0 Å². The summed E-state index contributed by atoms with van der Waals surface area (Å²) in [6.45, 7) is 1.51. The summed E-state index contributed by atoms with van der Waals surface area (Å²) in [6.07, 6.45) is 0.755. The zero-order valence-corrected chi connectivity index (χ0v) is 11.8. The average Bonchev–Trinajstić information content (AvgIpc) is 2.98. The van der Waals surface area contributed by atoms with Crippen molar-refractivity contribution < 1.29 is 24.5 Å². The van der Waals surface area contributed by atoms with Crippen LogP contribution in [0.3, 0.4) is 0 Å². The second-order valence-corrected chi connectivity index (χ2v) is 5.05. The first-order valence-electron chi connectivity index (χ1n) is 7.14. The summed E-state index contributed by atoms with van der Waals surface area (Å²) in [6, 6.07) is 7.22. The number of aliphatic hydroxyl groups excluding tert-OH is 1. The van der Waals surface area contributed by atoms with Crippen LogP contribution in [0.4, 0.5) is 4.79 Å². The van der Waals surface area contributed by atoms with Crippen LogP contribution < -0.4 is 10.1 Å². The molecule has 1 amide bonds. The predicted molar refractivity (Wildman–Crippen MR) is 76.5 cm³/mol. The lowest BCUT2D eigenvalue weighted by Crippen LogP contribution is -2.23. The molecule has 1 heterocycles. The second-order valence-electron chi connectivity index (χ2n) is 5.05. The molecule has 6 nitrogen and oxygen atoms in total. The van der Waals surface area contributed by atoms with Crippen LogP contribution in [-0.2, 0) is 4.74 Å². The van der Waals surface area contributed by atoms with E-state index >= 15 is 0 Å². The molecule has 1 saturated heterocycles. The van der Waals surface area contributed by atoms with Crippen LogP contribution in [0.15, 0.2) is 24.3 Å². The van der Waals surface area contributed by atoms with Gasteiger partial charge in [0, 0.05) is 13.2 Å². The largest absolute Gasteiger partial charge is 0.491 e. The average molecular weight is 295 g/mol. The second kappa shape index (κ2) is 7.85. The topological polar surface area (TPSA) is 88.0 Å². The Labute approximate surface area is 123 Å². The van der Waals surface area contributed by atoms with Crippen LogP contribution in [0.1, 0.15) is 30.9 Å². The van der Waals surface area contributed by atoms with Crippen molar-refractivity contribution in [1.29, 1.82) is 0 Å². The molecule has 0 bridgehead atoms. The molecule has 3 N–H and O–H groups in total. The highest BCUT2D eigenvalue weighted by atomic mass is 16.5. The molecule has 116 valence electrons. The highest BCUT2D eigenvalue weighted by Gasteiger charge is 2.16. The van der Waals surface area contributed by atoms with Crippen LogP contribution in [0.25, 0.3) is 0 Å². The summed E-state index contributed by atoms with van der Waals surface area (Å²) < 4.78 is 11.2. The third-order valence-corrected chi connectivity index (χ3v) is 3.40. The molecule has 0 aromatic heterocycles. The molecule has 1 aromatic rings. The molecule has 2 atom stereocenters. The van der Waals surface area contributed by atoms with E-state index in [1.54, 1.807) is 12.1 Å². The maximum atomic E-state index is 10.4. The zero-order chi connectivity index (χ0) is 15.1. The fourth-order valence-electron chi connectivity index (χ4n) is 2.26. The number of rotatable bonds is 7. The maximum absolute atomic E-state index is 10.4. The molecule has 6 heteroatoms. The monoisotopic (exact) mass is 295 g/mol. The SMILES string of the molecule is O=C(O)NCC[C@@H](O)c1cccc(OCC2CCCO2)c1. The summed E-state index contributed by atoms with van der Waals surface area (Å²) in [5.74, 6) is 0.688. The Kier molecular flexibility index (Phi) is 5.83. The van der Waals surface area contributed by atoms with E-state index < -0.39 is 12.2 Å². The minimum Gasteiger partial charge on any atom is -0.491 e. The van der Waals surface area contributed by atoms with Crippen LogP contribution in [0.2, 0.25) is 0 Å². The van der Waals surface area contributed by atoms with Crippen molar-refractivity contribution in [3.05, 3.63) is 29.8 Å². The normalized spacial score (nSPS) is 19.2. The summed E-state index contributed by atoms with van der Waals surface area (Å²) >= 11 is 0. The molecule has 1 aliphatic rings. The first-order valence-corrected chi connectivity index (χ1v) is 7.14. The van der Waals surface area contributed by atoms with Crippen LogP contribution in [0, 0.1) is 0 Å². The number of hydrogen-bond acceptors (Lipinski definition) is 4. The van der Waals surface area contributed by atoms with Gasteiger partial charge >= 0.3 is 6.09 Å². The fraction of sp³-hybridized carbons (Fsp3) is 0.533. The molecule has 0 radical (unpaired) electrons. The number of amides is 1. The lowest BCUT2D eigenvalue weighted by atomic mass is 10.1. The number of carboxylic acid groups (broad SMARTS) is 1. The van der Waals surface area contributed by atoms with Crippen molar-refractivity contribution in [2.75, 3.05) is 19.8 Å². The third-order valence-electron chi connectivity index (χ3n) is 3.40. The summed E-state index contributed by atoms with van der Waals surface area (Å²) in [5.41, 5.74) is 0.715. The number of hydrogen-bond donors (Lipinski definition) is 3. The minimum absolute atomic E-state index is 0.151. The van der Waals surface area contributed by atoms with Crippen LogP contribution in [-0.4, -0.2) is 42.2 Å². The fourth-order valence-corrected chi connectivity index (χ4v) is 2.26. The minimum atomic E-state index is -1.09. The van der Waals surface area contributed by atoms with E-state index in [2.05, 4.69) is 5.32 Å². The van der Waals surface area contributed by atoms with Gasteiger partial charge in [-0.05, 0) is 37.0 Å². The maximum Gasteiger partial charge on any atom is 0.404 e. The van der Waals surface area contributed by atoms with Crippen molar-refractivity contribution in [3.8, 4) is 5.75 Å². The van der Waals surface area contributed by atoms with Gasteiger partial charge in [0.2, 0.25) is 0 Å². The lowest BCUT2D eigenvalue weighted by Gasteiger charge is -2.14. The molecule has 2 rings (SSSR count). The molecule has 0 spiro atoms. The van der Waals surface area contributed by atoms with Crippen LogP contribution in [0.5, 0.6) is 5.75 Å². The van der Waals surface area contributed by atoms with Crippen molar-refractivity contribution in [2.45, 2.75) is 31.5 Å². The molecule has 0 aliphatic carbocycles. The van der Waals surface area contributed by atoms with Gasteiger partial charge in [-0.3, -0.25) is 0 Å². The Bertz CT molecular complexity index is 459. The lowest BCUT2D eigenvalue weighted by molar-refractivity contribution is 0.0678. The van der Waals surface area contributed by atoms with Gasteiger partial charge in [-0.25, -0.2) is 4.79 Å². The molecule has 21 heavy (non-hydrogen) atoms. The zero-order valence-electron chi connectivity index (χ0n) is 11.8. The Morgan fingerprint density at radius 2 is 2.38 bits per heavy atom. The van der Waals surface area contributed by atoms with Gasteiger partial charge in [-0.15, -0.1) is 0 Å². The molecule has 1 unspecified atom stereocenters. The standard InChI is InChI=1S/C15H21NO5/c17-14(6-7-16-15(18)19)11-3-1-4-12(9-11)21-10-13-5-2-8-20-13/h1,3-4,9,13-14,16-17H,2,5-8,10H2,(H,18,19)/t13?,14-/m1/s1. The van der Waals surface area contributed by atoms with E-state index in [1.807, 2.05) is 12.1 Å². The van der Waals surface area contributed by atoms with E-state index in [1.165, 1.54) is 0 Å². The quantitative estimate of drug-likeness (QED) is 0.715. The molecular weight excluding hydrogens is 274 g/mol. The van der Waals surface area contributed by atoms with E-state index in [4.69, 9.17) is 14.6 Å². The van der Waals surface area contributed by atoms with Gasteiger partial charge in [-0.1, -0.05) is 12.1 Å². The smallest absolute Gasteiger partial charge is 0.404 e. The van der Waals surface area contributed by atoms with Gasteiger partial charge < -0.3 is 25.0 Å². The highest BCUT2D eigenvalue weighted by molar-refractivity contribution is 5.64. The van der Waals surface area contributed by atoms with Gasteiger partial charge in [0.15, 0.2) is 0 Å². The van der Waals surface area contributed by atoms with Crippen LogP contribution >= 0.6 is 0 Å². The van der Waals surface area contributed by atoms with Crippen molar-refractivity contribution >= 4 is 6.09 Å². The summed E-state index contributed by atoms with van der Waals surface area (Å²) in [7, 11) is 0. The van der Waals surface area contributed by atoms with E-state index in [0.717, 1.165) is 19.4 Å². The highest BCUT2D eigenvalue weighted by Crippen LogP contribution is 2.22. The molecule has 1 fully saturated rings. The number of aliphatic hydroxyl groups is 1. The number of ether oxygens (including phenoxy) is 2. The summed E-state index contributed by atoms with van der Waals surface area (Å²) in [4.78, 5) is 10.4. The van der Waals surface area contributed by atoms with Crippen molar-refractivity contribution in [1.82, 2.24) is 5.32 Å². The molecule has 0 saturated carbocycles. The molecule has 1 aliphatic heterocycles. The van der Waals surface area contributed by atoms with E-state index in [0.29, 0.717) is 24.3 Å². The number of carbonyl (C=O) groups is 1. The van der Waals surface area contributed by atoms with Gasteiger partial charge in [0.1, 0.15) is 12.4 Å². The molecular formula is C15H21NO5. The van der Waals surface area contributed by atoms with E-state index in [9.17, 15) is 9.90 Å². The first kappa shape index (κ1) is 15.6. The Balaban J connectivity index is 1.82. The first-order chi connectivity index (χ1) is 10.1. The third kappa shape index (κ3) is 5.24. The Morgan fingerprint density at radius 3 is 3.10 bits per heavy atom. The Hall–Kier alpha value is -1.79. The van der Waals surface area contributed by atoms with Gasteiger partial charge in [-0.2, -0.15) is 0 Å². The number of nitrogens with one attached hydrogen (secondary N) is 1. The molecule has 1 aromatic carbocycles. The Morgan fingerprint density at radius 1 is 1.52 bits per heavy atom. The summed E-state index contributed by atoms with van der Waals surface area (Å²) in [5, 5.41) is 20.7.